The Morgan fingerprint density at radius 1 is 1.38 bits per heavy atom. The van der Waals surface area contributed by atoms with Gasteiger partial charge in [-0.3, -0.25) is 9.79 Å². The highest BCUT2D eigenvalue weighted by atomic mass is 35.5. The van der Waals surface area contributed by atoms with Crippen molar-refractivity contribution in [3.05, 3.63) is 34.9 Å². The maximum Gasteiger partial charge on any atom is 0.242 e. The van der Waals surface area contributed by atoms with Crippen LogP contribution in [0.25, 0.3) is 0 Å². The summed E-state index contributed by atoms with van der Waals surface area (Å²) in [5.74, 6) is -0.701. The molecule has 6 heteroatoms. The third-order valence-electron chi connectivity index (χ3n) is 2.01. The van der Waals surface area contributed by atoms with Gasteiger partial charge in [-0.1, -0.05) is 29.8 Å². The van der Waals surface area contributed by atoms with Crippen LogP contribution in [-0.2, 0) is 11.3 Å². The standard InChI is InChI=1S/C10H13ClN4O/c11-7-4-2-1-3-6(7)5-15-9(13)8(12)10(14)16/h1-4,8H,5,12H2,(H2,13,15)(H2,14,16). The smallest absolute Gasteiger partial charge is 0.242 e. The van der Waals surface area contributed by atoms with Gasteiger partial charge in [0.05, 0.1) is 6.54 Å². The maximum atomic E-state index is 10.7. The number of benzene rings is 1. The van der Waals surface area contributed by atoms with Crippen molar-refractivity contribution >= 4 is 23.3 Å². The van der Waals surface area contributed by atoms with Crippen LogP contribution in [-0.4, -0.2) is 17.8 Å². The molecule has 0 radical (unpaired) electrons. The van der Waals surface area contributed by atoms with Gasteiger partial charge >= 0.3 is 0 Å². The van der Waals surface area contributed by atoms with Gasteiger partial charge in [0.1, 0.15) is 11.9 Å². The Kier molecular flexibility index (Phi) is 4.28. The average Bonchev–Trinajstić information content (AvgIpc) is 2.26. The highest BCUT2D eigenvalue weighted by Crippen LogP contribution is 2.15. The molecule has 0 aliphatic rings. The highest BCUT2D eigenvalue weighted by Gasteiger charge is 2.13. The Hall–Kier alpha value is -1.59. The van der Waals surface area contributed by atoms with Crippen LogP contribution in [0.1, 0.15) is 5.56 Å². The minimum atomic E-state index is -1.05. The molecule has 0 bridgehead atoms. The first-order valence-electron chi connectivity index (χ1n) is 4.60. The molecule has 1 aromatic rings. The minimum absolute atomic E-state index is 0.00687. The van der Waals surface area contributed by atoms with Gasteiger partial charge in [0.25, 0.3) is 0 Å². The lowest BCUT2D eigenvalue weighted by Crippen LogP contribution is -2.47. The number of aliphatic imine (C=N–C) groups is 1. The lowest BCUT2D eigenvalue weighted by Gasteiger charge is -2.07. The number of amides is 1. The van der Waals surface area contributed by atoms with Gasteiger partial charge in [-0.15, -0.1) is 0 Å². The molecule has 5 nitrogen and oxygen atoms in total. The van der Waals surface area contributed by atoms with Crippen LogP contribution in [0.3, 0.4) is 0 Å². The molecule has 0 heterocycles. The molecule has 6 N–H and O–H groups in total. The second-order valence-corrected chi connectivity index (χ2v) is 3.62. The Bertz CT molecular complexity index is 419. The van der Waals surface area contributed by atoms with Gasteiger partial charge in [0.15, 0.2) is 0 Å². The van der Waals surface area contributed by atoms with Gasteiger partial charge < -0.3 is 17.2 Å². The van der Waals surface area contributed by atoms with Crippen LogP contribution in [0, 0.1) is 0 Å². The molecule has 0 spiro atoms. The molecule has 0 saturated carbocycles. The van der Waals surface area contributed by atoms with Crippen molar-refractivity contribution < 1.29 is 4.79 Å². The van der Waals surface area contributed by atoms with Gasteiger partial charge in [0.2, 0.25) is 5.91 Å². The van der Waals surface area contributed by atoms with E-state index in [1.165, 1.54) is 0 Å². The third-order valence-corrected chi connectivity index (χ3v) is 2.38. The van der Waals surface area contributed by atoms with Crippen LogP contribution >= 0.6 is 11.6 Å². The van der Waals surface area contributed by atoms with Crippen LogP contribution in [0.2, 0.25) is 5.02 Å². The molecule has 0 fully saturated rings. The summed E-state index contributed by atoms with van der Waals surface area (Å²) in [6.45, 7) is 0.270. The Labute approximate surface area is 98.3 Å². The fourth-order valence-corrected chi connectivity index (χ4v) is 1.24. The van der Waals surface area contributed by atoms with E-state index in [0.717, 1.165) is 5.56 Å². The number of halogens is 1. The van der Waals surface area contributed by atoms with E-state index in [1.807, 2.05) is 18.2 Å². The Morgan fingerprint density at radius 2 is 2.00 bits per heavy atom. The van der Waals surface area contributed by atoms with Crippen LogP contribution in [0.15, 0.2) is 29.3 Å². The molecule has 0 aliphatic heterocycles. The molecule has 1 rings (SSSR count). The fraction of sp³-hybridized carbons (Fsp3) is 0.200. The van der Waals surface area contributed by atoms with E-state index in [9.17, 15) is 4.79 Å². The van der Waals surface area contributed by atoms with E-state index in [1.54, 1.807) is 6.07 Å². The Balaban J connectivity index is 2.73. The van der Waals surface area contributed by atoms with E-state index < -0.39 is 11.9 Å². The second kappa shape index (κ2) is 5.48. The predicted molar refractivity (Wildman–Crippen MR) is 63.9 cm³/mol. The first-order valence-corrected chi connectivity index (χ1v) is 4.98. The molecule has 1 amide bonds. The van der Waals surface area contributed by atoms with Crippen molar-refractivity contribution in [2.45, 2.75) is 12.6 Å². The van der Waals surface area contributed by atoms with E-state index in [2.05, 4.69) is 4.99 Å². The summed E-state index contributed by atoms with van der Waals surface area (Å²) in [5.41, 5.74) is 16.7. The van der Waals surface area contributed by atoms with Crippen molar-refractivity contribution in [3.8, 4) is 0 Å². The molecule has 86 valence electrons. The number of primary amides is 1. The number of carbonyl (C=O) groups is 1. The lowest BCUT2D eigenvalue weighted by molar-refractivity contribution is -0.117. The fourth-order valence-electron chi connectivity index (χ4n) is 1.05. The van der Waals surface area contributed by atoms with Crippen LogP contribution < -0.4 is 17.2 Å². The summed E-state index contributed by atoms with van der Waals surface area (Å²) in [4.78, 5) is 14.7. The number of hydrogen-bond donors (Lipinski definition) is 3. The molecular weight excluding hydrogens is 228 g/mol. The summed E-state index contributed by atoms with van der Waals surface area (Å²) in [7, 11) is 0. The molecule has 1 atom stereocenters. The molecule has 16 heavy (non-hydrogen) atoms. The summed E-state index contributed by atoms with van der Waals surface area (Å²) in [6.07, 6.45) is 0. The number of nitrogens with two attached hydrogens (primary N) is 3. The van der Waals surface area contributed by atoms with Crippen molar-refractivity contribution in [2.24, 2.45) is 22.2 Å². The first kappa shape index (κ1) is 12.5. The average molecular weight is 241 g/mol. The molecular formula is C10H13ClN4O. The minimum Gasteiger partial charge on any atom is -0.386 e. The van der Waals surface area contributed by atoms with Crippen molar-refractivity contribution in [3.63, 3.8) is 0 Å². The van der Waals surface area contributed by atoms with Crippen molar-refractivity contribution in [1.82, 2.24) is 0 Å². The van der Waals surface area contributed by atoms with Gasteiger partial charge in [-0.25, -0.2) is 0 Å². The van der Waals surface area contributed by atoms with E-state index >= 15 is 0 Å². The lowest BCUT2D eigenvalue weighted by atomic mass is 10.2. The second-order valence-electron chi connectivity index (χ2n) is 3.21. The maximum absolute atomic E-state index is 10.7. The molecule has 1 aromatic carbocycles. The predicted octanol–water partition coefficient (Wildman–Crippen LogP) is 0.00980. The van der Waals surface area contributed by atoms with Crippen molar-refractivity contribution in [2.75, 3.05) is 0 Å². The number of amidine groups is 1. The number of hydrogen-bond acceptors (Lipinski definition) is 3. The Morgan fingerprint density at radius 3 is 2.56 bits per heavy atom. The number of nitrogens with zero attached hydrogens (tertiary/aromatic N) is 1. The first-order chi connectivity index (χ1) is 7.52. The largest absolute Gasteiger partial charge is 0.386 e. The quantitative estimate of drug-likeness (QED) is 0.510. The highest BCUT2D eigenvalue weighted by molar-refractivity contribution is 6.31. The third kappa shape index (κ3) is 3.22. The molecule has 0 aliphatic carbocycles. The zero-order valence-electron chi connectivity index (χ0n) is 8.56. The number of carbonyl (C=O) groups excluding carboxylic acids is 1. The van der Waals surface area contributed by atoms with Crippen LogP contribution in [0.5, 0.6) is 0 Å². The topological polar surface area (TPSA) is 107 Å². The monoisotopic (exact) mass is 240 g/mol. The summed E-state index contributed by atoms with van der Waals surface area (Å²) in [5, 5.41) is 0.590. The van der Waals surface area contributed by atoms with Gasteiger partial charge in [-0.05, 0) is 11.6 Å². The van der Waals surface area contributed by atoms with E-state index in [-0.39, 0.29) is 12.4 Å². The summed E-state index contributed by atoms with van der Waals surface area (Å²) in [6, 6.07) is 6.16. The SMILES string of the molecule is NC(=O)C(N)C(N)=NCc1ccccc1Cl. The molecule has 0 aromatic heterocycles. The van der Waals surface area contributed by atoms with Crippen molar-refractivity contribution in [1.29, 1.82) is 0 Å². The van der Waals surface area contributed by atoms with Gasteiger partial charge in [-0.2, -0.15) is 0 Å². The van der Waals surface area contributed by atoms with E-state index in [0.29, 0.717) is 5.02 Å². The van der Waals surface area contributed by atoms with Gasteiger partial charge in [0, 0.05) is 5.02 Å². The number of rotatable bonds is 4. The van der Waals surface area contributed by atoms with Crippen LogP contribution in [0.4, 0.5) is 0 Å². The summed E-state index contributed by atoms with van der Waals surface area (Å²) < 4.78 is 0. The van der Waals surface area contributed by atoms with E-state index in [4.69, 9.17) is 28.8 Å². The zero-order chi connectivity index (χ0) is 12.1. The normalized spacial score (nSPS) is 13.5. The summed E-state index contributed by atoms with van der Waals surface area (Å²) >= 11 is 5.92. The molecule has 1 unspecified atom stereocenters. The zero-order valence-corrected chi connectivity index (χ0v) is 9.32. The molecule has 0 saturated heterocycles.